The first kappa shape index (κ1) is 15.5. The molecule has 1 saturated heterocycles. The Morgan fingerprint density at radius 1 is 1.11 bits per heavy atom. The maximum Gasteiger partial charge on any atom is 0.241 e. The average molecular weight is 254 g/mol. The van der Waals surface area contributed by atoms with Crippen molar-refractivity contribution in [3.05, 3.63) is 0 Å². The summed E-state index contributed by atoms with van der Waals surface area (Å²) in [6.07, 6.45) is 3.25. The Balaban J connectivity index is 2.78. The molecule has 1 N–H and O–H groups in total. The van der Waals surface area contributed by atoms with Crippen molar-refractivity contribution in [3.8, 4) is 0 Å². The third kappa shape index (κ3) is 3.71. The summed E-state index contributed by atoms with van der Waals surface area (Å²) in [4.78, 5) is 14.6. The number of hydrogen-bond acceptors (Lipinski definition) is 2. The quantitative estimate of drug-likeness (QED) is 0.790. The van der Waals surface area contributed by atoms with Crippen molar-refractivity contribution in [2.45, 2.75) is 79.1 Å². The molecule has 3 nitrogen and oxygen atoms in total. The molecule has 0 radical (unpaired) electrons. The zero-order valence-electron chi connectivity index (χ0n) is 12.9. The van der Waals surface area contributed by atoms with Crippen molar-refractivity contribution < 1.29 is 4.79 Å². The SMILES string of the molecule is CCC(C)N1C(=O)C(CC(C)C)NC1CC(C)C. The molecule has 1 aliphatic heterocycles. The largest absolute Gasteiger partial charge is 0.323 e. The molecule has 0 aliphatic carbocycles. The van der Waals surface area contributed by atoms with Gasteiger partial charge in [-0.25, -0.2) is 0 Å². The van der Waals surface area contributed by atoms with E-state index in [4.69, 9.17) is 0 Å². The first-order valence-electron chi connectivity index (χ1n) is 7.45. The Kier molecular flexibility index (Phi) is 5.64. The predicted molar refractivity (Wildman–Crippen MR) is 76.2 cm³/mol. The van der Waals surface area contributed by atoms with Gasteiger partial charge in [0.05, 0.1) is 12.2 Å². The van der Waals surface area contributed by atoms with Gasteiger partial charge in [-0.05, 0) is 38.0 Å². The van der Waals surface area contributed by atoms with Gasteiger partial charge in [0.1, 0.15) is 0 Å². The van der Waals surface area contributed by atoms with Crippen LogP contribution in [0, 0.1) is 11.8 Å². The highest BCUT2D eigenvalue weighted by atomic mass is 16.2. The van der Waals surface area contributed by atoms with Gasteiger partial charge in [0.2, 0.25) is 5.91 Å². The van der Waals surface area contributed by atoms with E-state index < -0.39 is 0 Å². The van der Waals surface area contributed by atoms with Crippen LogP contribution in [-0.2, 0) is 4.79 Å². The summed E-state index contributed by atoms with van der Waals surface area (Å²) in [5.74, 6) is 1.48. The number of carbonyl (C=O) groups excluding carboxylic acids is 1. The predicted octanol–water partition coefficient (Wildman–Crippen LogP) is 3.00. The van der Waals surface area contributed by atoms with Crippen LogP contribution in [0.1, 0.15) is 60.8 Å². The van der Waals surface area contributed by atoms with E-state index in [1.807, 2.05) is 0 Å². The van der Waals surface area contributed by atoms with E-state index >= 15 is 0 Å². The summed E-state index contributed by atoms with van der Waals surface area (Å²) in [5, 5.41) is 3.55. The number of nitrogens with one attached hydrogen (secondary N) is 1. The van der Waals surface area contributed by atoms with Crippen molar-refractivity contribution in [2.75, 3.05) is 0 Å². The molecular weight excluding hydrogens is 224 g/mol. The van der Waals surface area contributed by atoms with Crippen molar-refractivity contribution in [3.63, 3.8) is 0 Å². The monoisotopic (exact) mass is 254 g/mol. The van der Waals surface area contributed by atoms with Gasteiger partial charge in [-0.3, -0.25) is 10.1 Å². The maximum atomic E-state index is 12.5. The van der Waals surface area contributed by atoms with Crippen LogP contribution in [0.2, 0.25) is 0 Å². The maximum absolute atomic E-state index is 12.5. The summed E-state index contributed by atoms with van der Waals surface area (Å²) < 4.78 is 0. The van der Waals surface area contributed by atoms with Crippen LogP contribution in [0.25, 0.3) is 0 Å². The zero-order valence-corrected chi connectivity index (χ0v) is 12.9. The van der Waals surface area contributed by atoms with Crippen LogP contribution in [0.4, 0.5) is 0 Å². The molecule has 0 saturated carbocycles. The van der Waals surface area contributed by atoms with E-state index in [0.717, 1.165) is 19.3 Å². The first-order valence-corrected chi connectivity index (χ1v) is 7.45. The molecular formula is C15H30N2O. The van der Waals surface area contributed by atoms with Crippen molar-refractivity contribution >= 4 is 5.91 Å². The van der Waals surface area contributed by atoms with Gasteiger partial charge >= 0.3 is 0 Å². The highest BCUT2D eigenvalue weighted by Crippen LogP contribution is 2.24. The van der Waals surface area contributed by atoms with E-state index in [9.17, 15) is 4.79 Å². The van der Waals surface area contributed by atoms with E-state index in [2.05, 4.69) is 51.8 Å². The van der Waals surface area contributed by atoms with Gasteiger partial charge in [-0.1, -0.05) is 34.6 Å². The van der Waals surface area contributed by atoms with Gasteiger partial charge in [0.25, 0.3) is 0 Å². The molecule has 3 heteroatoms. The fourth-order valence-corrected chi connectivity index (χ4v) is 2.71. The highest BCUT2D eigenvalue weighted by Gasteiger charge is 2.40. The van der Waals surface area contributed by atoms with Crippen LogP contribution in [0.5, 0.6) is 0 Å². The normalized spacial score (nSPS) is 26.4. The fourth-order valence-electron chi connectivity index (χ4n) is 2.71. The lowest BCUT2D eigenvalue weighted by molar-refractivity contribution is -0.132. The molecule has 0 aromatic carbocycles. The van der Waals surface area contributed by atoms with Crippen molar-refractivity contribution in [1.29, 1.82) is 0 Å². The summed E-state index contributed by atoms with van der Waals surface area (Å²) in [7, 11) is 0. The first-order chi connectivity index (χ1) is 8.36. The van der Waals surface area contributed by atoms with Crippen molar-refractivity contribution in [1.82, 2.24) is 10.2 Å². The highest BCUT2D eigenvalue weighted by molar-refractivity contribution is 5.84. The molecule has 1 heterocycles. The third-order valence-electron chi connectivity index (χ3n) is 3.75. The topological polar surface area (TPSA) is 32.3 Å². The summed E-state index contributed by atoms with van der Waals surface area (Å²) >= 11 is 0. The average Bonchev–Trinajstić information content (AvgIpc) is 2.53. The van der Waals surface area contributed by atoms with Crippen molar-refractivity contribution in [2.24, 2.45) is 11.8 Å². The summed E-state index contributed by atoms with van der Waals surface area (Å²) in [6.45, 7) is 13.1. The van der Waals surface area contributed by atoms with Crippen LogP contribution in [0.15, 0.2) is 0 Å². The second-order valence-electron chi connectivity index (χ2n) is 6.50. The molecule has 0 spiro atoms. The lowest BCUT2D eigenvalue weighted by Crippen LogP contribution is -2.43. The molecule has 0 aromatic heterocycles. The van der Waals surface area contributed by atoms with Crippen LogP contribution in [-0.4, -0.2) is 29.1 Å². The van der Waals surface area contributed by atoms with Gasteiger partial charge in [0.15, 0.2) is 0 Å². The molecule has 106 valence electrons. The van der Waals surface area contributed by atoms with E-state index in [-0.39, 0.29) is 12.2 Å². The second kappa shape index (κ2) is 6.55. The van der Waals surface area contributed by atoms with Crippen LogP contribution >= 0.6 is 0 Å². The van der Waals surface area contributed by atoms with E-state index in [0.29, 0.717) is 23.8 Å². The number of carbonyl (C=O) groups is 1. The molecule has 18 heavy (non-hydrogen) atoms. The smallest absolute Gasteiger partial charge is 0.241 e. The minimum absolute atomic E-state index is 0.0303. The fraction of sp³-hybridized carbons (Fsp3) is 0.933. The van der Waals surface area contributed by atoms with Gasteiger partial charge in [-0.15, -0.1) is 0 Å². The van der Waals surface area contributed by atoms with Crippen LogP contribution < -0.4 is 5.32 Å². The number of rotatable bonds is 6. The number of amides is 1. The Morgan fingerprint density at radius 2 is 1.67 bits per heavy atom. The molecule has 1 aliphatic rings. The Hall–Kier alpha value is -0.570. The lowest BCUT2D eigenvalue weighted by Gasteiger charge is -2.30. The Bertz CT molecular complexity index is 276. The van der Waals surface area contributed by atoms with Gasteiger partial charge in [0, 0.05) is 6.04 Å². The summed E-state index contributed by atoms with van der Waals surface area (Å²) in [5.41, 5.74) is 0. The van der Waals surface area contributed by atoms with E-state index in [1.165, 1.54) is 0 Å². The van der Waals surface area contributed by atoms with Crippen LogP contribution in [0.3, 0.4) is 0 Å². The molecule has 1 fully saturated rings. The minimum Gasteiger partial charge on any atom is -0.323 e. The van der Waals surface area contributed by atoms with Gasteiger partial charge < -0.3 is 4.90 Å². The standard InChI is InChI=1S/C15H30N2O/c1-7-12(6)17-14(9-11(4)5)16-13(15(17)18)8-10(2)3/h10-14,16H,7-9H2,1-6H3. The number of nitrogens with zero attached hydrogens (tertiary/aromatic N) is 1. The van der Waals surface area contributed by atoms with Gasteiger partial charge in [-0.2, -0.15) is 0 Å². The minimum atomic E-state index is 0.0303. The molecule has 0 bridgehead atoms. The second-order valence-corrected chi connectivity index (χ2v) is 6.50. The Morgan fingerprint density at radius 3 is 2.11 bits per heavy atom. The molecule has 0 aromatic rings. The molecule has 1 amide bonds. The third-order valence-corrected chi connectivity index (χ3v) is 3.75. The zero-order chi connectivity index (χ0) is 13.9. The lowest BCUT2D eigenvalue weighted by atomic mass is 10.0. The number of hydrogen-bond donors (Lipinski definition) is 1. The molecule has 3 unspecified atom stereocenters. The Labute approximate surface area is 112 Å². The summed E-state index contributed by atoms with van der Waals surface area (Å²) in [6, 6.07) is 0.369. The van der Waals surface area contributed by atoms with E-state index in [1.54, 1.807) is 0 Å². The molecule has 3 atom stereocenters. The molecule has 1 rings (SSSR count).